The Labute approximate surface area is 115 Å². The lowest BCUT2D eigenvalue weighted by molar-refractivity contribution is -0.141. The average Bonchev–Trinajstić information content (AvgIpc) is 2.67. The van der Waals surface area contributed by atoms with Crippen LogP contribution in [0.25, 0.3) is 0 Å². The van der Waals surface area contributed by atoms with Gasteiger partial charge in [0.1, 0.15) is 0 Å². The molecule has 5 nitrogen and oxygen atoms in total. The van der Waals surface area contributed by atoms with Gasteiger partial charge >= 0.3 is 12.0 Å². The van der Waals surface area contributed by atoms with Gasteiger partial charge in [0.05, 0.1) is 5.92 Å². The molecule has 2 amide bonds. The minimum atomic E-state index is -0.877. The zero-order valence-corrected chi connectivity index (χ0v) is 12.8. The first-order valence-corrected chi connectivity index (χ1v) is 6.84. The Kier molecular flexibility index (Phi) is 4.17. The van der Waals surface area contributed by atoms with E-state index < -0.39 is 11.9 Å². The number of rotatable bonds is 5. The van der Waals surface area contributed by atoms with E-state index in [0.717, 1.165) is 0 Å². The van der Waals surface area contributed by atoms with Crippen LogP contribution >= 0.6 is 0 Å². The topological polar surface area (TPSA) is 69.6 Å². The number of nitrogens with one attached hydrogen (secondary N) is 1. The highest BCUT2D eigenvalue weighted by Crippen LogP contribution is 2.62. The number of aliphatic carboxylic acids is 1. The lowest BCUT2D eigenvalue weighted by Crippen LogP contribution is -2.45. The molecule has 0 aromatic carbocycles. The standard InChI is InChI=1S/C14H26N2O3/c1-7-16(8-9(2)10(17)18)12(19)15-11-13(3,4)14(11,5)6/h9,11H,7-8H2,1-6H3,(H,15,19)(H,17,18). The molecule has 0 bridgehead atoms. The Morgan fingerprint density at radius 2 is 1.74 bits per heavy atom. The van der Waals surface area contributed by atoms with Crippen molar-refractivity contribution in [1.82, 2.24) is 10.2 Å². The second-order valence-corrected chi connectivity index (χ2v) is 6.60. The number of carboxylic acids is 1. The number of amides is 2. The lowest BCUT2D eigenvalue weighted by Gasteiger charge is -2.24. The van der Waals surface area contributed by atoms with E-state index in [-0.39, 0.29) is 29.4 Å². The Morgan fingerprint density at radius 1 is 1.26 bits per heavy atom. The first-order valence-electron chi connectivity index (χ1n) is 6.84. The monoisotopic (exact) mass is 270 g/mol. The van der Waals surface area contributed by atoms with Gasteiger partial charge in [-0.1, -0.05) is 34.6 Å². The van der Waals surface area contributed by atoms with E-state index in [1.807, 2.05) is 6.92 Å². The summed E-state index contributed by atoms with van der Waals surface area (Å²) in [5, 5.41) is 11.9. The predicted octanol–water partition coefficient (Wildman–Crippen LogP) is 2.17. The van der Waals surface area contributed by atoms with Gasteiger partial charge in [-0.05, 0) is 17.8 Å². The maximum absolute atomic E-state index is 12.2. The molecule has 0 aliphatic heterocycles. The minimum Gasteiger partial charge on any atom is -0.481 e. The van der Waals surface area contributed by atoms with E-state index in [1.165, 1.54) is 0 Å². The van der Waals surface area contributed by atoms with Crippen molar-refractivity contribution in [1.29, 1.82) is 0 Å². The summed E-state index contributed by atoms with van der Waals surface area (Å²) in [7, 11) is 0. The van der Waals surface area contributed by atoms with Crippen molar-refractivity contribution in [2.45, 2.75) is 47.6 Å². The highest BCUT2D eigenvalue weighted by atomic mass is 16.4. The Balaban J connectivity index is 2.59. The van der Waals surface area contributed by atoms with Crippen LogP contribution in [0.5, 0.6) is 0 Å². The molecule has 0 saturated heterocycles. The molecule has 0 aromatic heterocycles. The number of carbonyl (C=O) groups is 2. The van der Waals surface area contributed by atoms with Crippen molar-refractivity contribution >= 4 is 12.0 Å². The van der Waals surface area contributed by atoms with E-state index >= 15 is 0 Å². The molecular formula is C14H26N2O3. The molecule has 0 heterocycles. The average molecular weight is 270 g/mol. The highest BCUT2D eigenvalue weighted by Gasteiger charge is 2.65. The van der Waals surface area contributed by atoms with Gasteiger partial charge in [-0.25, -0.2) is 4.79 Å². The molecule has 5 heteroatoms. The van der Waals surface area contributed by atoms with Crippen molar-refractivity contribution in [3.05, 3.63) is 0 Å². The normalized spacial score (nSPS) is 21.6. The third-order valence-electron chi connectivity index (χ3n) is 4.87. The van der Waals surface area contributed by atoms with Gasteiger partial charge in [-0.2, -0.15) is 0 Å². The summed E-state index contributed by atoms with van der Waals surface area (Å²) < 4.78 is 0. The zero-order chi connectivity index (χ0) is 15.0. The first-order chi connectivity index (χ1) is 8.55. The van der Waals surface area contributed by atoms with E-state index in [2.05, 4.69) is 33.0 Å². The van der Waals surface area contributed by atoms with Crippen molar-refractivity contribution in [2.75, 3.05) is 13.1 Å². The number of carboxylic acid groups (broad SMARTS) is 1. The van der Waals surface area contributed by atoms with Crippen molar-refractivity contribution in [3.8, 4) is 0 Å². The van der Waals surface area contributed by atoms with Gasteiger partial charge in [0.25, 0.3) is 0 Å². The molecule has 110 valence electrons. The molecule has 1 aliphatic rings. The summed E-state index contributed by atoms with van der Waals surface area (Å²) in [6.45, 7) is 12.8. The number of nitrogens with zero attached hydrogens (tertiary/aromatic N) is 1. The molecule has 1 rings (SSSR count). The van der Waals surface area contributed by atoms with Crippen LogP contribution in [0, 0.1) is 16.7 Å². The van der Waals surface area contributed by atoms with Crippen LogP contribution in [-0.4, -0.2) is 41.1 Å². The molecule has 1 saturated carbocycles. The largest absolute Gasteiger partial charge is 0.481 e. The Bertz CT molecular complexity index is 363. The van der Waals surface area contributed by atoms with Crippen LogP contribution in [0.4, 0.5) is 4.79 Å². The molecule has 1 unspecified atom stereocenters. The van der Waals surface area contributed by atoms with E-state index in [0.29, 0.717) is 6.54 Å². The molecule has 0 radical (unpaired) electrons. The molecule has 0 aromatic rings. The number of hydrogen-bond acceptors (Lipinski definition) is 2. The van der Waals surface area contributed by atoms with Gasteiger partial charge in [-0.15, -0.1) is 0 Å². The third kappa shape index (κ3) is 2.85. The van der Waals surface area contributed by atoms with Gasteiger partial charge in [0.15, 0.2) is 0 Å². The van der Waals surface area contributed by atoms with Crippen LogP contribution in [0.1, 0.15) is 41.5 Å². The number of urea groups is 1. The molecule has 19 heavy (non-hydrogen) atoms. The van der Waals surface area contributed by atoms with Crippen LogP contribution in [0.3, 0.4) is 0 Å². The second-order valence-electron chi connectivity index (χ2n) is 6.60. The summed E-state index contributed by atoms with van der Waals surface area (Å²) in [5.41, 5.74) is 0.168. The fraction of sp³-hybridized carbons (Fsp3) is 0.857. The summed E-state index contributed by atoms with van der Waals surface area (Å²) >= 11 is 0. The molecule has 1 fully saturated rings. The van der Waals surface area contributed by atoms with Crippen LogP contribution < -0.4 is 5.32 Å². The molecule has 1 aliphatic carbocycles. The quantitative estimate of drug-likeness (QED) is 0.804. The summed E-state index contributed by atoms with van der Waals surface area (Å²) in [5.74, 6) is -1.43. The second kappa shape index (κ2) is 5.02. The maximum atomic E-state index is 12.2. The highest BCUT2D eigenvalue weighted by molar-refractivity contribution is 5.77. The van der Waals surface area contributed by atoms with Crippen LogP contribution in [0.15, 0.2) is 0 Å². The smallest absolute Gasteiger partial charge is 0.317 e. The summed E-state index contributed by atoms with van der Waals surface area (Å²) in [6, 6.07) is -0.0269. The van der Waals surface area contributed by atoms with E-state index in [4.69, 9.17) is 5.11 Å². The summed E-state index contributed by atoms with van der Waals surface area (Å²) in [6.07, 6.45) is 0. The zero-order valence-electron chi connectivity index (χ0n) is 12.8. The molecule has 0 spiro atoms. The summed E-state index contributed by atoms with van der Waals surface area (Å²) in [4.78, 5) is 24.6. The minimum absolute atomic E-state index is 0.0838. The molecule has 2 N–H and O–H groups in total. The van der Waals surface area contributed by atoms with Crippen molar-refractivity contribution in [3.63, 3.8) is 0 Å². The number of hydrogen-bond donors (Lipinski definition) is 2. The Morgan fingerprint density at radius 3 is 2.05 bits per heavy atom. The van der Waals surface area contributed by atoms with Crippen molar-refractivity contribution in [2.24, 2.45) is 16.7 Å². The number of carbonyl (C=O) groups excluding carboxylic acids is 1. The third-order valence-corrected chi connectivity index (χ3v) is 4.87. The van der Waals surface area contributed by atoms with E-state index in [9.17, 15) is 9.59 Å². The Hall–Kier alpha value is -1.26. The first kappa shape index (κ1) is 15.8. The van der Waals surface area contributed by atoms with Gasteiger partial charge in [0.2, 0.25) is 0 Å². The fourth-order valence-electron chi connectivity index (χ4n) is 2.54. The van der Waals surface area contributed by atoms with Crippen molar-refractivity contribution < 1.29 is 14.7 Å². The van der Waals surface area contributed by atoms with Gasteiger partial charge in [-0.3, -0.25) is 4.79 Å². The van der Waals surface area contributed by atoms with Gasteiger partial charge in [0, 0.05) is 19.1 Å². The maximum Gasteiger partial charge on any atom is 0.317 e. The molecule has 1 atom stereocenters. The van der Waals surface area contributed by atoms with Crippen LogP contribution in [-0.2, 0) is 4.79 Å². The van der Waals surface area contributed by atoms with E-state index in [1.54, 1.807) is 11.8 Å². The fourth-order valence-corrected chi connectivity index (χ4v) is 2.54. The predicted molar refractivity (Wildman–Crippen MR) is 73.9 cm³/mol. The molecular weight excluding hydrogens is 244 g/mol. The van der Waals surface area contributed by atoms with Gasteiger partial charge < -0.3 is 15.3 Å². The lowest BCUT2D eigenvalue weighted by atomic mass is 10.0. The van der Waals surface area contributed by atoms with Crippen LogP contribution in [0.2, 0.25) is 0 Å². The SMILES string of the molecule is CCN(CC(C)C(=O)O)C(=O)NC1C(C)(C)C1(C)C.